The Morgan fingerprint density at radius 3 is 2.76 bits per heavy atom. The van der Waals surface area contributed by atoms with E-state index in [0.717, 1.165) is 6.07 Å². The van der Waals surface area contributed by atoms with Gasteiger partial charge in [-0.25, -0.2) is 8.78 Å². The van der Waals surface area contributed by atoms with Gasteiger partial charge in [0.15, 0.2) is 0 Å². The summed E-state index contributed by atoms with van der Waals surface area (Å²) in [6.45, 7) is 0. The van der Waals surface area contributed by atoms with E-state index in [1.54, 1.807) is 0 Å². The molecule has 1 aromatic rings. The Morgan fingerprint density at radius 2 is 2.29 bits per heavy atom. The minimum atomic E-state index is -2.73. The molecule has 0 atom stereocenters. The van der Waals surface area contributed by atoms with Crippen molar-refractivity contribution in [1.29, 1.82) is 0 Å². The van der Waals surface area contributed by atoms with Crippen molar-refractivity contribution in [2.24, 2.45) is 0 Å². The second-order valence-corrected chi connectivity index (χ2v) is 4.11. The van der Waals surface area contributed by atoms with Gasteiger partial charge in [0, 0.05) is 15.9 Å². The number of methoxy groups -OCH3 is 1. The number of carbonyl (C=O) groups is 1. The highest BCUT2D eigenvalue weighted by molar-refractivity contribution is 9.08. The first-order valence-corrected chi connectivity index (χ1v) is 6.08. The van der Waals surface area contributed by atoms with Crippen LogP contribution in [0.2, 0.25) is 5.02 Å². The van der Waals surface area contributed by atoms with Gasteiger partial charge in [0.2, 0.25) is 0 Å². The second-order valence-electron chi connectivity index (χ2n) is 3.14. The summed E-state index contributed by atoms with van der Waals surface area (Å²) in [4.78, 5) is 14.9. The van der Waals surface area contributed by atoms with Crippen molar-refractivity contribution in [3.63, 3.8) is 0 Å². The summed E-state index contributed by atoms with van der Waals surface area (Å²) in [6, 6.07) is 1.10. The Balaban J connectivity index is 3.19. The van der Waals surface area contributed by atoms with Crippen LogP contribution in [0.3, 0.4) is 0 Å². The first-order chi connectivity index (χ1) is 7.99. The summed E-state index contributed by atoms with van der Waals surface area (Å²) in [7, 11) is 1.22. The molecule has 0 aromatic carbocycles. The molecule has 0 saturated heterocycles. The molecule has 1 aromatic heterocycles. The smallest absolute Gasteiger partial charge is 0.311 e. The summed E-state index contributed by atoms with van der Waals surface area (Å²) >= 11 is 9.02. The van der Waals surface area contributed by atoms with Gasteiger partial charge in [-0.1, -0.05) is 27.5 Å². The van der Waals surface area contributed by atoms with Crippen molar-refractivity contribution in [2.45, 2.75) is 18.2 Å². The molecule has 0 saturated carbocycles. The number of nitrogens with zero attached hydrogens (tertiary/aromatic N) is 1. The van der Waals surface area contributed by atoms with Crippen molar-refractivity contribution in [2.75, 3.05) is 7.11 Å². The fourth-order valence-corrected chi connectivity index (χ4v) is 2.29. The molecule has 0 unspecified atom stereocenters. The molecule has 1 rings (SSSR count). The van der Waals surface area contributed by atoms with Gasteiger partial charge in [0.05, 0.1) is 19.2 Å². The molecule has 94 valence electrons. The third-order valence-corrected chi connectivity index (χ3v) is 2.97. The highest BCUT2D eigenvalue weighted by Gasteiger charge is 2.18. The zero-order valence-corrected chi connectivity index (χ0v) is 11.2. The Kier molecular flexibility index (Phi) is 5.27. The van der Waals surface area contributed by atoms with Crippen LogP contribution in [-0.2, 0) is 21.3 Å². The maximum absolute atomic E-state index is 12.5. The molecule has 0 fully saturated rings. The average Bonchev–Trinajstić information content (AvgIpc) is 2.28. The number of halogens is 4. The van der Waals surface area contributed by atoms with Crippen molar-refractivity contribution >= 4 is 33.5 Å². The lowest BCUT2D eigenvalue weighted by Gasteiger charge is -2.10. The first-order valence-electron chi connectivity index (χ1n) is 4.58. The zero-order chi connectivity index (χ0) is 13.0. The van der Waals surface area contributed by atoms with E-state index < -0.39 is 18.1 Å². The topological polar surface area (TPSA) is 39.2 Å². The van der Waals surface area contributed by atoms with Crippen LogP contribution in [0.1, 0.15) is 23.4 Å². The molecule has 0 spiro atoms. The van der Waals surface area contributed by atoms with Crippen molar-refractivity contribution in [3.05, 3.63) is 28.0 Å². The van der Waals surface area contributed by atoms with Crippen LogP contribution in [-0.4, -0.2) is 18.1 Å². The van der Waals surface area contributed by atoms with Crippen LogP contribution in [0.4, 0.5) is 8.78 Å². The minimum Gasteiger partial charge on any atom is -0.469 e. The predicted octanol–water partition coefficient (Wildman–Crippen LogP) is 3.28. The SMILES string of the molecule is COC(=O)Cc1nc(C(F)F)cc(Cl)c1CBr. The third kappa shape index (κ3) is 3.61. The van der Waals surface area contributed by atoms with E-state index in [1.807, 2.05) is 0 Å². The van der Waals surface area contributed by atoms with E-state index >= 15 is 0 Å². The van der Waals surface area contributed by atoms with Crippen LogP contribution < -0.4 is 0 Å². The van der Waals surface area contributed by atoms with Crippen LogP contribution in [0.5, 0.6) is 0 Å². The highest BCUT2D eigenvalue weighted by Crippen LogP contribution is 2.27. The molecule has 0 aliphatic rings. The van der Waals surface area contributed by atoms with Gasteiger partial charge in [-0.2, -0.15) is 0 Å². The summed E-state index contributed by atoms with van der Waals surface area (Å²) in [6.07, 6.45) is -2.91. The van der Waals surface area contributed by atoms with E-state index in [0.29, 0.717) is 10.9 Å². The molecule has 0 bridgehead atoms. The molecule has 7 heteroatoms. The standard InChI is InChI=1S/C10H9BrClF2NO2/c1-17-9(16)3-7-5(4-11)6(12)2-8(15-7)10(13)14/h2,10H,3-4H2,1H3. The molecule has 0 aliphatic carbocycles. The second kappa shape index (κ2) is 6.26. The molecule has 0 amide bonds. The van der Waals surface area contributed by atoms with Gasteiger partial charge >= 0.3 is 5.97 Å². The molecule has 17 heavy (non-hydrogen) atoms. The maximum Gasteiger partial charge on any atom is 0.311 e. The molecule has 3 nitrogen and oxygen atoms in total. The van der Waals surface area contributed by atoms with Crippen molar-refractivity contribution in [1.82, 2.24) is 4.98 Å². The molecular weight excluding hydrogens is 319 g/mol. The fourth-order valence-electron chi connectivity index (χ4n) is 1.22. The van der Waals surface area contributed by atoms with Gasteiger partial charge in [-0.15, -0.1) is 0 Å². The van der Waals surface area contributed by atoms with Crippen LogP contribution >= 0.6 is 27.5 Å². The van der Waals surface area contributed by atoms with Crippen molar-refractivity contribution < 1.29 is 18.3 Å². The van der Waals surface area contributed by atoms with Gasteiger partial charge in [0.1, 0.15) is 5.69 Å². The summed E-state index contributed by atoms with van der Waals surface area (Å²) in [5.41, 5.74) is 0.275. The number of pyridine rings is 1. The summed E-state index contributed by atoms with van der Waals surface area (Å²) < 4.78 is 29.5. The number of hydrogen-bond donors (Lipinski definition) is 0. The fraction of sp³-hybridized carbons (Fsp3) is 0.400. The van der Waals surface area contributed by atoms with Crippen LogP contribution in [0.25, 0.3) is 0 Å². The van der Waals surface area contributed by atoms with Crippen molar-refractivity contribution in [3.8, 4) is 0 Å². The van der Waals surface area contributed by atoms with E-state index in [1.165, 1.54) is 7.11 Å². The van der Waals surface area contributed by atoms with Crippen LogP contribution in [0.15, 0.2) is 6.07 Å². The monoisotopic (exact) mass is 327 g/mol. The zero-order valence-electron chi connectivity index (χ0n) is 8.84. The number of aromatic nitrogens is 1. The number of hydrogen-bond acceptors (Lipinski definition) is 3. The maximum atomic E-state index is 12.5. The van der Waals surface area contributed by atoms with E-state index in [-0.39, 0.29) is 17.1 Å². The Hall–Kier alpha value is -0.750. The highest BCUT2D eigenvalue weighted by atomic mass is 79.9. The van der Waals surface area contributed by atoms with E-state index in [9.17, 15) is 13.6 Å². The Morgan fingerprint density at radius 1 is 1.65 bits per heavy atom. The Labute approximate surface area is 110 Å². The van der Waals surface area contributed by atoms with Gasteiger partial charge in [-0.05, 0) is 6.07 Å². The number of carbonyl (C=O) groups excluding carboxylic acids is 1. The summed E-state index contributed by atoms with van der Waals surface area (Å²) in [5.74, 6) is -0.554. The van der Waals surface area contributed by atoms with E-state index in [4.69, 9.17) is 11.6 Å². The molecule has 1 heterocycles. The molecule has 0 aliphatic heterocycles. The predicted molar refractivity (Wildman–Crippen MR) is 62.6 cm³/mol. The Bertz CT molecular complexity index is 429. The van der Waals surface area contributed by atoms with Gasteiger partial charge in [-0.3, -0.25) is 9.78 Å². The molecular formula is C10H9BrClF2NO2. The number of alkyl halides is 3. The normalized spacial score (nSPS) is 10.7. The molecule has 0 N–H and O–H groups in total. The number of ether oxygens (including phenoxy) is 1. The lowest BCUT2D eigenvalue weighted by Crippen LogP contribution is -2.10. The number of rotatable bonds is 4. The first kappa shape index (κ1) is 14.3. The summed E-state index contributed by atoms with van der Waals surface area (Å²) in [5, 5.41) is 0.486. The third-order valence-electron chi connectivity index (χ3n) is 2.07. The van der Waals surface area contributed by atoms with Gasteiger partial charge in [0.25, 0.3) is 6.43 Å². The minimum absolute atomic E-state index is 0.158. The van der Waals surface area contributed by atoms with E-state index in [2.05, 4.69) is 25.7 Å². The quantitative estimate of drug-likeness (QED) is 0.629. The lowest BCUT2D eigenvalue weighted by atomic mass is 10.1. The van der Waals surface area contributed by atoms with Gasteiger partial charge < -0.3 is 4.74 Å². The van der Waals surface area contributed by atoms with Crippen LogP contribution in [0, 0.1) is 0 Å². The lowest BCUT2D eigenvalue weighted by molar-refractivity contribution is -0.139. The largest absolute Gasteiger partial charge is 0.469 e. The number of esters is 1. The molecule has 0 radical (unpaired) electrons. The average molecular weight is 329 g/mol.